The molecular formula is C14H11ClF3NO3S. The van der Waals surface area contributed by atoms with E-state index in [9.17, 15) is 21.6 Å². The van der Waals surface area contributed by atoms with Crippen LogP contribution < -0.4 is 9.46 Å². The predicted octanol–water partition coefficient (Wildman–Crippen LogP) is 4.18. The SMILES string of the molecule is O=S(=O)(Nc1ccc(Cl)cc1OCc1ccccc1)C(F)(F)F. The van der Waals surface area contributed by atoms with E-state index < -0.39 is 15.5 Å². The molecule has 2 aromatic carbocycles. The summed E-state index contributed by atoms with van der Waals surface area (Å²) >= 11 is 5.78. The second-order valence-electron chi connectivity index (χ2n) is 4.47. The minimum absolute atomic E-state index is 0.0436. The smallest absolute Gasteiger partial charge is 0.487 e. The minimum atomic E-state index is -5.54. The van der Waals surface area contributed by atoms with Gasteiger partial charge in [0.25, 0.3) is 0 Å². The van der Waals surface area contributed by atoms with Gasteiger partial charge in [0.15, 0.2) is 0 Å². The lowest BCUT2D eigenvalue weighted by atomic mass is 10.2. The number of benzene rings is 2. The van der Waals surface area contributed by atoms with E-state index in [4.69, 9.17) is 16.3 Å². The number of halogens is 4. The summed E-state index contributed by atoms with van der Waals surface area (Å²) in [6.45, 7) is 0.0436. The van der Waals surface area contributed by atoms with E-state index in [0.29, 0.717) is 0 Å². The quantitative estimate of drug-likeness (QED) is 0.864. The van der Waals surface area contributed by atoms with Gasteiger partial charge >= 0.3 is 15.5 Å². The second kappa shape index (κ2) is 6.67. The van der Waals surface area contributed by atoms with Gasteiger partial charge in [-0.15, -0.1) is 0 Å². The van der Waals surface area contributed by atoms with Crippen LogP contribution in [0.1, 0.15) is 5.56 Å². The van der Waals surface area contributed by atoms with Crippen molar-refractivity contribution in [2.75, 3.05) is 4.72 Å². The molecule has 0 bridgehead atoms. The molecule has 0 saturated heterocycles. The Bertz CT molecular complexity index is 780. The topological polar surface area (TPSA) is 55.4 Å². The van der Waals surface area contributed by atoms with Crippen LogP contribution in [0.25, 0.3) is 0 Å². The van der Waals surface area contributed by atoms with E-state index in [1.165, 1.54) is 16.9 Å². The zero-order valence-electron chi connectivity index (χ0n) is 11.5. The molecule has 0 aromatic heterocycles. The first-order chi connectivity index (χ1) is 10.7. The summed E-state index contributed by atoms with van der Waals surface area (Å²) in [5.74, 6) is -0.103. The predicted molar refractivity (Wildman–Crippen MR) is 80.8 cm³/mol. The maximum Gasteiger partial charge on any atom is 0.516 e. The third kappa shape index (κ3) is 4.52. The lowest BCUT2D eigenvalue weighted by molar-refractivity contribution is -0.0429. The Morgan fingerprint density at radius 3 is 2.35 bits per heavy atom. The standard InChI is InChI=1S/C14H11ClF3NO3S/c15-11-6-7-12(19-23(20,21)14(16,17)18)13(8-11)22-9-10-4-2-1-3-5-10/h1-8,19H,9H2. The van der Waals surface area contributed by atoms with Crippen LogP contribution in [-0.2, 0) is 16.6 Å². The first kappa shape index (κ1) is 17.4. The molecule has 0 fully saturated rings. The van der Waals surface area contributed by atoms with E-state index in [1.807, 2.05) is 0 Å². The number of ether oxygens (including phenoxy) is 1. The van der Waals surface area contributed by atoms with Gasteiger partial charge in [0.05, 0.1) is 5.69 Å². The monoisotopic (exact) mass is 365 g/mol. The normalized spacial score (nSPS) is 12.0. The molecule has 23 heavy (non-hydrogen) atoms. The van der Waals surface area contributed by atoms with Crippen molar-refractivity contribution in [3.8, 4) is 5.75 Å². The van der Waals surface area contributed by atoms with Crippen molar-refractivity contribution in [3.63, 3.8) is 0 Å². The van der Waals surface area contributed by atoms with Crippen molar-refractivity contribution >= 4 is 27.3 Å². The summed E-state index contributed by atoms with van der Waals surface area (Å²) in [5.41, 5.74) is -5.01. The summed E-state index contributed by atoms with van der Waals surface area (Å²) in [4.78, 5) is 0. The van der Waals surface area contributed by atoms with Crippen LogP contribution in [0.4, 0.5) is 18.9 Å². The van der Waals surface area contributed by atoms with Gasteiger partial charge in [-0.25, -0.2) is 0 Å². The van der Waals surface area contributed by atoms with Crippen LogP contribution in [0.3, 0.4) is 0 Å². The average molecular weight is 366 g/mol. The van der Waals surface area contributed by atoms with E-state index in [0.717, 1.165) is 11.6 Å². The van der Waals surface area contributed by atoms with Crippen LogP contribution in [0.15, 0.2) is 48.5 Å². The molecule has 0 radical (unpaired) electrons. The van der Waals surface area contributed by atoms with Crippen molar-refractivity contribution in [3.05, 3.63) is 59.1 Å². The Morgan fingerprint density at radius 1 is 1.09 bits per heavy atom. The molecule has 4 nitrogen and oxygen atoms in total. The van der Waals surface area contributed by atoms with Gasteiger partial charge in [-0.1, -0.05) is 41.9 Å². The average Bonchev–Trinajstić information content (AvgIpc) is 2.47. The second-order valence-corrected chi connectivity index (χ2v) is 6.58. The van der Waals surface area contributed by atoms with Crippen molar-refractivity contribution in [1.29, 1.82) is 0 Å². The molecule has 0 saturated carbocycles. The van der Waals surface area contributed by atoms with Gasteiger partial charge in [0.1, 0.15) is 12.4 Å². The third-order valence-electron chi connectivity index (χ3n) is 2.73. The Balaban J connectivity index is 2.24. The first-order valence-corrected chi connectivity index (χ1v) is 8.10. The van der Waals surface area contributed by atoms with Crippen molar-refractivity contribution in [2.24, 2.45) is 0 Å². The Labute approximate surface area is 135 Å². The summed E-state index contributed by atoms with van der Waals surface area (Å²) in [6, 6.07) is 12.4. The van der Waals surface area contributed by atoms with Crippen LogP contribution in [0.2, 0.25) is 5.02 Å². The number of sulfonamides is 1. The summed E-state index contributed by atoms with van der Waals surface area (Å²) in [6.07, 6.45) is 0. The zero-order valence-corrected chi connectivity index (χ0v) is 13.0. The first-order valence-electron chi connectivity index (χ1n) is 6.24. The maximum atomic E-state index is 12.5. The fourth-order valence-corrected chi connectivity index (χ4v) is 2.37. The van der Waals surface area contributed by atoms with Gasteiger partial charge in [0.2, 0.25) is 0 Å². The molecule has 124 valence electrons. The molecule has 2 aromatic rings. The van der Waals surface area contributed by atoms with Gasteiger partial charge in [-0.3, -0.25) is 4.72 Å². The van der Waals surface area contributed by atoms with Gasteiger partial charge in [-0.2, -0.15) is 21.6 Å². The lowest BCUT2D eigenvalue weighted by Crippen LogP contribution is -2.30. The van der Waals surface area contributed by atoms with Crippen molar-refractivity contribution in [2.45, 2.75) is 12.1 Å². The van der Waals surface area contributed by atoms with Gasteiger partial charge in [0, 0.05) is 11.1 Å². The fraction of sp³-hybridized carbons (Fsp3) is 0.143. The van der Waals surface area contributed by atoms with E-state index >= 15 is 0 Å². The highest BCUT2D eigenvalue weighted by molar-refractivity contribution is 7.93. The lowest BCUT2D eigenvalue weighted by Gasteiger charge is -2.15. The number of anilines is 1. The largest absolute Gasteiger partial charge is 0.516 e. The molecule has 0 atom stereocenters. The molecule has 0 spiro atoms. The molecule has 0 aliphatic rings. The third-order valence-corrected chi connectivity index (χ3v) is 4.06. The molecule has 0 heterocycles. The summed E-state index contributed by atoms with van der Waals surface area (Å²) < 4.78 is 66.6. The highest BCUT2D eigenvalue weighted by Crippen LogP contribution is 2.33. The number of hydrogen-bond acceptors (Lipinski definition) is 3. The van der Waals surface area contributed by atoms with Crippen molar-refractivity contribution < 1.29 is 26.3 Å². The van der Waals surface area contributed by atoms with Crippen LogP contribution >= 0.6 is 11.6 Å². The van der Waals surface area contributed by atoms with Gasteiger partial charge < -0.3 is 4.74 Å². The van der Waals surface area contributed by atoms with Crippen molar-refractivity contribution in [1.82, 2.24) is 0 Å². The zero-order chi connectivity index (χ0) is 17.1. The highest BCUT2D eigenvalue weighted by Gasteiger charge is 2.46. The molecule has 0 aliphatic heterocycles. The Hall–Kier alpha value is -1.93. The van der Waals surface area contributed by atoms with E-state index in [2.05, 4.69) is 0 Å². The van der Waals surface area contributed by atoms with Gasteiger partial charge in [-0.05, 0) is 17.7 Å². The molecule has 2 rings (SSSR count). The number of nitrogens with one attached hydrogen (secondary N) is 1. The van der Waals surface area contributed by atoms with Crippen LogP contribution in [0, 0.1) is 0 Å². The molecule has 0 unspecified atom stereocenters. The number of rotatable bonds is 5. The Morgan fingerprint density at radius 2 is 1.74 bits per heavy atom. The molecule has 1 N–H and O–H groups in total. The van der Waals surface area contributed by atoms with E-state index in [1.54, 1.807) is 30.3 Å². The highest BCUT2D eigenvalue weighted by atomic mass is 35.5. The van der Waals surface area contributed by atoms with Crippen LogP contribution in [0.5, 0.6) is 5.75 Å². The molecule has 0 amide bonds. The van der Waals surface area contributed by atoms with Crippen LogP contribution in [-0.4, -0.2) is 13.9 Å². The molecular weight excluding hydrogens is 355 g/mol. The minimum Gasteiger partial charge on any atom is -0.487 e. The molecule has 9 heteroatoms. The Kier molecular flexibility index (Phi) is 5.06. The fourth-order valence-electron chi connectivity index (χ4n) is 1.64. The van der Waals surface area contributed by atoms with E-state index in [-0.39, 0.29) is 23.1 Å². The summed E-state index contributed by atoms with van der Waals surface area (Å²) in [5, 5.41) is 0.197. The maximum absolute atomic E-state index is 12.5. The molecule has 0 aliphatic carbocycles. The number of hydrogen-bond donors (Lipinski definition) is 1. The summed E-state index contributed by atoms with van der Waals surface area (Å²) in [7, 11) is -5.54. The number of alkyl halides is 3.